The number of Topliss-reactive ketones (excluding diaryl/α,β-unsaturated/α-hetero) is 1. The third-order valence-electron chi connectivity index (χ3n) is 4.65. The molecule has 24 heavy (non-hydrogen) atoms. The van der Waals surface area contributed by atoms with Gasteiger partial charge in [0.25, 0.3) is 0 Å². The highest BCUT2D eigenvalue weighted by Gasteiger charge is 2.26. The van der Waals surface area contributed by atoms with Crippen LogP contribution in [0.5, 0.6) is 5.75 Å². The molecule has 3 rings (SSSR count). The first-order valence-electron chi connectivity index (χ1n) is 8.64. The third kappa shape index (κ3) is 4.23. The van der Waals surface area contributed by atoms with E-state index in [1.165, 1.54) is 0 Å². The zero-order chi connectivity index (χ0) is 16.8. The van der Waals surface area contributed by atoms with Crippen molar-refractivity contribution < 1.29 is 9.53 Å². The molecular formula is C19H25N3O2. The van der Waals surface area contributed by atoms with Crippen molar-refractivity contribution in [3.8, 4) is 5.75 Å². The van der Waals surface area contributed by atoms with Crippen LogP contribution in [0.2, 0.25) is 0 Å². The van der Waals surface area contributed by atoms with Crippen molar-refractivity contribution in [1.29, 1.82) is 0 Å². The lowest BCUT2D eigenvalue weighted by atomic mass is 9.90. The Morgan fingerprint density at radius 1 is 1.33 bits per heavy atom. The smallest absolute Gasteiger partial charge is 0.167 e. The molecule has 5 heteroatoms. The molecule has 0 saturated carbocycles. The van der Waals surface area contributed by atoms with E-state index < -0.39 is 0 Å². The fraction of sp³-hybridized carbons (Fsp3) is 0.474. The van der Waals surface area contributed by atoms with Crippen LogP contribution >= 0.6 is 0 Å². The van der Waals surface area contributed by atoms with Crippen LogP contribution < -0.4 is 4.74 Å². The summed E-state index contributed by atoms with van der Waals surface area (Å²) in [5.41, 5.74) is 0.762. The number of ketones is 1. The number of methoxy groups -OCH3 is 1. The van der Waals surface area contributed by atoms with Gasteiger partial charge in [0.1, 0.15) is 5.75 Å². The zero-order valence-electron chi connectivity index (χ0n) is 14.2. The van der Waals surface area contributed by atoms with Gasteiger partial charge in [0.15, 0.2) is 5.78 Å². The molecule has 0 spiro atoms. The topological polar surface area (TPSA) is 47.4 Å². The summed E-state index contributed by atoms with van der Waals surface area (Å²) in [4.78, 5) is 15.2. The highest BCUT2D eigenvalue weighted by Crippen LogP contribution is 2.23. The average Bonchev–Trinajstić information content (AvgIpc) is 3.15. The van der Waals surface area contributed by atoms with E-state index in [2.05, 4.69) is 10.00 Å². The first-order valence-corrected chi connectivity index (χ1v) is 8.64. The number of benzene rings is 1. The minimum absolute atomic E-state index is 0.0931. The summed E-state index contributed by atoms with van der Waals surface area (Å²) < 4.78 is 7.19. The lowest BCUT2D eigenvalue weighted by Gasteiger charge is -2.32. The SMILES string of the molecule is COc1cccc(C(=O)[C@H]2CCCN(CCCn3cccn3)C2)c1. The summed E-state index contributed by atoms with van der Waals surface area (Å²) in [7, 11) is 1.63. The fourth-order valence-corrected chi connectivity index (χ4v) is 3.37. The second-order valence-corrected chi connectivity index (χ2v) is 6.36. The van der Waals surface area contributed by atoms with Crippen LogP contribution in [0.15, 0.2) is 42.7 Å². The highest BCUT2D eigenvalue weighted by molar-refractivity contribution is 5.98. The molecule has 1 fully saturated rings. The molecule has 0 aliphatic carbocycles. The van der Waals surface area contributed by atoms with Crippen LogP contribution in [0.4, 0.5) is 0 Å². The monoisotopic (exact) mass is 327 g/mol. The summed E-state index contributed by atoms with van der Waals surface area (Å²) in [6, 6.07) is 9.44. The molecule has 128 valence electrons. The molecule has 1 aromatic heterocycles. The minimum Gasteiger partial charge on any atom is -0.497 e. The Morgan fingerprint density at radius 2 is 2.25 bits per heavy atom. The van der Waals surface area contributed by atoms with Gasteiger partial charge in [0.2, 0.25) is 0 Å². The molecule has 0 amide bonds. The fourth-order valence-electron chi connectivity index (χ4n) is 3.37. The van der Waals surface area contributed by atoms with Gasteiger partial charge in [-0.3, -0.25) is 9.48 Å². The van der Waals surface area contributed by atoms with Gasteiger partial charge < -0.3 is 9.64 Å². The van der Waals surface area contributed by atoms with Gasteiger partial charge in [-0.05, 0) is 50.6 Å². The predicted molar refractivity (Wildman–Crippen MR) is 93.3 cm³/mol. The first kappa shape index (κ1) is 16.7. The quantitative estimate of drug-likeness (QED) is 0.734. The van der Waals surface area contributed by atoms with E-state index >= 15 is 0 Å². The number of hydrogen-bond donors (Lipinski definition) is 0. The number of likely N-dealkylation sites (tertiary alicyclic amines) is 1. The van der Waals surface area contributed by atoms with Gasteiger partial charge >= 0.3 is 0 Å². The Morgan fingerprint density at radius 3 is 3.04 bits per heavy atom. The minimum atomic E-state index is 0.0931. The second kappa shape index (κ2) is 8.11. The van der Waals surface area contributed by atoms with Gasteiger partial charge in [-0.15, -0.1) is 0 Å². The Bertz CT molecular complexity index is 654. The highest BCUT2D eigenvalue weighted by atomic mass is 16.5. The number of rotatable bonds is 7. The van der Waals surface area contributed by atoms with E-state index in [1.54, 1.807) is 7.11 Å². The van der Waals surface area contributed by atoms with Crippen molar-refractivity contribution in [2.45, 2.75) is 25.8 Å². The molecule has 1 atom stereocenters. The van der Waals surface area contributed by atoms with E-state index in [1.807, 2.05) is 47.4 Å². The maximum absolute atomic E-state index is 12.8. The number of ether oxygens (including phenoxy) is 1. The maximum atomic E-state index is 12.8. The number of aromatic nitrogens is 2. The summed E-state index contributed by atoms with van der Waals surface area (Å²) in [5, 5.41) is 4.23. The summed E-state index contributed by atoms with van der Waals surface area (Å²) in [5.74, 6) is 1.08. The van der Waals surface area contributed by atoms with Crippen LogP contribution in [0, 0.1) is 5.92 Å². The van der Waals surface area contributed by atoms with E-state index in [0.717, 1.165) is 56.8 Å². The predicted octanol–water partition coefficient (Wildman–Crippen LogP) is 2.88. The molecule has 1 aliphatic rings. The van der Waals surface area contributed by atoms with Gasteiger partial charge in [-0.1, -0.05) is 12.1 Å². The first-order chi connectivity index (χ1) is 11.8. The third-order valence-corrected chi connectivity index (χ3v) is 4.65. The van der Waals surface area contributed by atoms with Gasteiger partial charge in [0, 0.05) is 37.0 Å². The Labute approximate surface area is 143 Å². The van der Waals surface area contributed by atoms with Crippen LogP contribution in [0.1, 0.15) is 29.6 Å². The van der Waals surface area contributed by atoms with E-state index in [4.69, 9.17) is 4.74 Å². The lowest BCUT2D eigenvalue weighted by molar-refractivity contribution is 0.0816. The Balaban J connectivity index is 1.53. The molecule has 1 aromatic carbocycles. The molecule has 2 heterocycles. The molecule has 0 bridgehead atoms. The van der Waals surface area contributed by atoms with Crippen molar-refractivity contribution in [3.05, 3.63) is 48.3 Å². The number of carbonyl (C=O) groups excluding carboxylic acids is 1. The van der Waals surface area contributed by atoms with Crippen molar-refractivity contribution >= 4 is 5.78 Å². The molecule has 5 nitrogen and oxygen atoms in total. The molecule has 1 saturated heterocycles. The van der Waals surface area contributed by atoms with Crippen LogP contribution in [0.3, 0.4) is 0 Å². The Kier molecular flexibility index (Phi) is 5.64. The largest absolute Gasteiger partial charge is 0.497 e. The summed E-state index contributed by atoms with van der Waals surface area (Å²) in [6.45, 7) is 3.88. The molecule has 1 aliphatic heterocycles. The molecule has 0 N–H and O–H groups in total. The normalized spacial score (nSPS) is 18.5. The number of nitrogens with zero attached hydrogens (tertiary/aromatic N) is 3. The van der Waals surface area contributed by atoms with Gasteiger partial charge in [-0.2, -0.15) is 5.10 Å². The maximum Gasteiger partial charge on any atom is 0.167 e. The van der Waals surface area contributed by atoms with Crippen molar-refractivity contribution in [1.82, 2.24) is 14.7 Å². The number of hydrogen-bond acceptors (Lipinski definition) is 4. The van der Waals surface area contributed by atoms with E-state index in [-0.39, 0.29) is 11.7 Å². The average molecular weight is 327 g/mol. The zero-order valence-corrected chi connectivity index (χ0v) is 14.2. The van der Waals surface area contributed by atoms with Gasteiger partial charge in [-0.25, -0.2) is 0 Å². The molecule has 0 unspecified atom stereocenters. The number of piperidine rings is 1. The van der Waals surface area contributed by atoms with Crippen molar-refractivity contribution in [2.75, 3.05) is 26.7 Å². The molecule has 0 radical (unpaired) electrons. The van der Waals surface area contributed by atoms with Crippen LogP contribution in [0.25, 0.3) is 0 Å². The summed E-state index contributed by atoms with van der Waals surface area (Å²) >= 11 is 0. The number of carbonyl (C=O) groups is 1. The van der Waals surface area contributed by atoms with Crippen LogP contribution in [-0.4, -0.2) is 47.2 Å². The number of aryl methyl sites for hydroxylation is 1. The summed E-state index contributed by atoms with van der Waals surface area (Å²) in [6.07, 6.45) is 6.92. The lowest BCUT2D eigenvalue weighted by Crippen LogP contribution is -2.39. The second-order valence-electron chi connectivity index (χ2n) is 6.36. The standard InChI is InChI=1S/C19H25N3O2/c1-24-18-8-2-6-16(14-18)19(23)17-7-3-10-21(15-17)11-5-13-22-12-4-9-20-22/h2,4,6,8-9,12,14,17H,3,5,7,10-11,13,15H2,1H3/t17-/m0/s1. The van der Waals surface area contributed by atoms with Gasteiger partial charge in [0.05, 0.1) is 7.11 Å². The van der Waals surface area contributed by atoms with Crippen molar-refractivity contribution in [3.63, 3.8) is 0 Å². The van der Waals surface area contributed by atoms with E-state index in [0.29, 0.717) is 0 Å². The molecule has 2 aromatic rings. The van der Waals surface area contributed by atoms with Crippen LogP contribution in [-0.2, 0) is 6.54 Å². The van der Waals surface area contributed by atoms with Crippen molar-refractivity contribution in [2.24, 2.45) is 5.92 Å². The Hall–Kier alpha value is -2.14. The van der Waals surface area contributed by atoms with E-state index in [9.17, 15) is 4.79 Å². The molecular weight excluding hydrogens is 302 g/mol.